The fraction of sp³-hybridized carbons (Fsp3) is 0.231. The summed E-state index contributed by atoms with van der Waals surface area (Å²) in [4.78, 5) is 20.4. The molecule has 3 heterocycles. The van der Waals surface area contributed by atoms with Gasteiger partial charge < -0.3 is 10.3 Å². The minimum absolute atomic E-state index is 0.594. The van der Waals surface area contributed by atoms with E-state index in [2.05, 4.69) is 30.2 Å². The highest BCUT2D eigenvalue weighted by molar-refractivity contribution is 5.86. The molecule has 96 valence electrons. The van der Waals surface area contributed by atoms with Crippen molar-refractivity contribution in [1.82, 2.24) is 24.9 Å². The summed E-state index contributed by atoms with van der Waals surface area (Å²) in [5, 5.41) is 4.28. The number of rotatable bonds is 3. The molecule has 6 nitrogen and oxygen atoms in total. The van der Waals surface area contributed by atoms with Crippen LogP contribution < -0.4 is 5.32 Å². The van der Waals surface area contributed by atoms with Gasteiger partial charge in [0.1, 0.15) is 17.3 Å². The molecule has 0 atom stereocenters. The van der Waals surface area contributed by atoms with E-state index in [0.29, 0.717) is 6.54 Å². The summed E-state index contributed by atoms with van der Waals surface area (Å²) in [5.74, 6) is 1.54. The second kappa shape index (κ2) is 4.64. The van der Waals surface area contributed by atoms with Gasteiger partial charge in [-0.15, -0.1) is 0 Å². The maximum atomic E-state index is 4.43. The van der Waals surface area contributed by atoms with E-state index in [-0.39, 0.29) is 0 Å². The lowest BCUT2D eigenvalue weighted by Gasteiger charge is -2.08. The van der Waals surface area contributed by atoms with Crippen molar-refractivity contribution < 1.29 is 0 Å². The SMILES string of the molecule is Cc1nc(NCc2nccnc2C)c2cc[nH]c2n1. The first kappa shape index (κ1) is 11.6. The predicted molar refractivity (Wildman–Crippen MR) is 72.7 cm³/mol. The lowest BCUT2D eigenvalue weighted by Crippen LogP contribution is -2.07. The van der Waals surface area contributed by atoms with Crippen LogP contribution in [0.25, 0.3) is 11.0 Å². The number of hydrogen-bond acceptors (Lipinski definition) is 5. The van der Waals surface area contributed by atoms with E-state index < -0.39 is 0 Å². The van der Waals surface area contributed by atoms with Gasteiger partial charge in [-0.25, -0.2) is 9.97 Å². The first-order chi connectivity index (χ1) is 9.24. The number of H-pyrrole nitrogens is 1. The molecule has 0 aromatic carbocycles. The molecular formula is C13H14N6. The lowest BCUT2D eigenvalue weighted by atomic mass is 10.3. The molecule has 0 saturated heterocycles. The first-order valence-corrected chi connectivity index (χ1v) is 6.06. The van der Waals surface area contributed by atoms with Crippen molar-refractivity contribution in [2.45, 2.75) is 20.4 Å². The number of aryl methyl sites for hydroxylation is 2. The molecule has 3 aromatic heterocycles. The van der Waals surface area contributed by atoms with Gasteiger partial charge in [-0.1, -0.05) is 0 Å². The molecule has 6 heteroatoms. The summed E-state index contributed by atoms with van der Waals surface area (Å²) >= 11 is 0. The van der Waals surface area contributed by atoms with Crippen LogP contribution in [0.1, 0.15) is 17.2 Å². The second-order valence-corrected chi connectivity index (χ2v) is 4.30. The minimum Gasteiger partial charge on any atom is -0.364 e. The maximum Gasteiger partial charge on any atom is 0.143 e. The molecule has 0 aliphatic carbocycles. The Morgan fingerprint density at radius 3 is 2.84 bits per heavy atom. The predicted octanol–water partition coefficient (Wildman–Crippen LogP) is 1.98. The Balaban J connectivity index is 1.90. The Kier molecular flexibility index (Phi) is 2.83. The van der Waals surface area contributed by atoms with Crippen molar-refractivity contribution in [1.29, 1.82) is 0 Å². The van der Waals surface area contributed by atoms with Crippen LogP contribution in [0.5, 0.6) is 0 Å². The fourth-order valence-electron chi connectivity index (χ4n) is 1.97. The molecule has 3 aromatic rings. The summed E-state index contributed by atoms with van der Waals surface area (Å²) in [5.41, 5.74) is 2.68. The first-order valence-electron chi connectivity index (χ1n) is 6.06. The van der Waals surface area contributed by atoms with Gasteiger partial charge in [-0.3, -0.25) is 9.97 Å². The molecule has 0 saturated carbocycles. The smallest absolute Gasteiger partial charge is 0.143 e. The molecule has 0 fully saturated rings. The average Bonchev–Trinajstić information content (AvgIpc) is 2.85. The number of anilines is 1. The summed E-state index contributed by atoms with van der Waals surface area (Å²) < 4.78 is 0. The van der Waals surface area contributed by atoms with E-state index in [0.717, 1.165) is 34.1 Å². The molecule has 2 N–H and O–H groups in total. The number of nitrogens with one attached hydrogen (secondary N) is 2. The van der Waals surface area contributed by atoms with Crippen LogP contribution in [0.4, 0.5) is 5.82 Å². The molecule has 3 rings (SSSR count). The van der Waals surface area contributed by atoms with Crippen molar-refractivity contribution in [2.24, 2.45) is 0 Å². The van der Waals surface area contributed by atoms with E-state index in [9.17, 15) is 0 Å². The molecule has 0 unspecified atom stereocenters. The Hall–Kier alpha value is -2.50. The van der Waals surface area contributed by atoms with E-state index in [1.54, 1.807) is 12.4 Å². The van der Waals surface area contributed by atoms with Crippen LogP contribution in [0.2, 0.25) is 0 Å². The van der Waals surface area contributed by atoms with Crippen molar-refractivity contribution >= 4 is 16.9 Å². The number of aromatic nitrogens is 5. The topological polar surface area (TPSA) is 79.4 Å². The van der Waals surface area contributed by atoms with Crippen molar-refractivity contribution in [2.75, 3.05) is 5.32 Å². The molecule has 0 radical (unpaired) electrons. The maximum absolute atomic E-state index is 4.43. The highest BCUT2D eigenvalue weighted by atomic mass is 15.1. The van der Waals surface area contributed by atoms with Gasteiger partial charge in [0.05, 0.1) is 23.3 Å². The van der Waals surface area contributed by atoms with Crippen molar-refractivity contribution in [3.8, 4) is 0 Å². The third-order valence-corrected chi connectivity index (χ3v) is 2.93. The average molecular weight is 254 g/mol. The summed E-state index contributed by atoms with van der Waals surface area (Å²) in [6.07, 6.45) is 5.25. The van der Waals surface area contributed by atoms with Gasteiger partial charge >= 0.3 is 0 Å². The van der Waals surface area contributed by atoms with Crippen LogP contribution in [0.3, 0.4) is 0 Å². The largest absolute Gasteiger partial charge is 0.364 e. The van der Waals surface area contributed by atoms with Crippen LogP contribution >= 0.6 is 0 Å². The van der Waals surface area contributed by atoms with E-state index in [1.807, 2.05) is 26.1 Å². The Bertz CT molecular complexity index is 718. The Morgan fingerprint density at radius 2 is 2.00 bits per heavy atom. The van der Waals surface area contributed by atoms with E-state index in [4.69, 9.17) is 0 Å². The van der Waals surface area contributed by atoms with Crippen LogP contribution in [-0.2, 0) is 6.54 Å². The van der Waals surface area contributed by atoms with Crippen LogP contribution in [0.15, 0.2) is 24.7 Å². The lowest BCUT2D eigenvalue weighted by molar-refractivity contribution is 0.953. The van der Waals surface area contributed by atoms with Gasteiger partial charge in [-0.2, -0.15) is 0 Å². The van der Waals surface area contributed by atoms with Crippen LogP contribution in [0, 0.1) is 13.8 Å². The van der Waals surface area contributed by atoms with Crippen molar-refractivity contribution in [3.63, 3.8) is 0 Å². The molecule has 0 bridgehead atoms. The summed E-state index contributed by atoms with van der Waals surface area (Å²) in [6.45, 7) is 4.41. The normalized spacial score (nSPS) is 10.8. The molecule has 0 aliphatic rings. The summed E-state index contributed by atoms with van der Waals surface area (Å²) in [7, 11) is 0. The molecule has 0 aliphatic heterocycles. The van der Waals surface area contributed by atoms with Gasteiger partial charge in [0.2, 0.25) is 0 Å². The van der Waals surface area contributed by atoms with Gasteiger partial charge in [-0.05, 0) is 19.9 Å². The summed E-state index contributed by atoms with van der Waals surface area (Å²) in [6, 6.07) is 1.96. The minimum atomic E-state index is 0.594. The highest BCUT2D eigenvalue weighted by Crippen LogP contribution is 2.19. The Labute approximate surface area is 110 Å². The molecular weight excluding hydrogens is 240 g/mol. The van der Waals surface area contributed by atoms with Crippen LogP contribution in [-0.4, -0.2) is 24.9 Å². The highest BCUT2D eigenvalue weighted by Gasteiger charge is 2.07. The fourth-order valence-corrected chi connectivity index (χ4v) is 1.97. The van der Waals surface area contributed by atoms with Crippen molar-refractivity contribution in [3.05, 3.63) is 41.9 Å². The third-order valence-electron chi connectivity index (χ3n) is 2.93. The van der Waals surface area contributed by atoms with E-state index in [1.165, 1.54) is 0 Å². The zero-order valence-corrected chi connectivity index (χ0v) is 10.8. The quantitative estimate of drug-likeness (QED) is 0.747. The standard InChI is InChI=1S/C13H14N6/c1-8-11(15-6-5-14-8)7-17-13-10-3-4-16-12(10)18-9(2)19-13/h3-6H,7H2,1-2H3,(H2,16,17,18,19). The second-order valence-electron chi connectivity index (χ2n) is 4.30. The number of hydrogen-bond donors (Lipinski definition) is 2. The van der Waals surface area contributed by atoms with Gasteiger partial charge in [0.15, 0.2) is 0 Å². The zero-order chi connectivity index (χ0) is 13.2. The number of nitrogens with zero attached hydrogens (tertiary/aromatic N) is 4. The molecule has 0 spiro atoms. The number of aromatic amines is 1. The van der Waals surface area contributed by atoms with Gasteiger partial charge in [0, 0.05) is 18.6 Å². The number of fused-ring (bicyclic) bond motifs is 1. The molecule has 19 heavy (non-hydrogen) atoms. The van der Waals surface area contributed by atoms with E-state index >= 15 is 0 Å². The monoisotopic (exact) mass is 254 g/mol. The molecule has 0 amide bonds. The Morgan fingerprint density at radius 1 is 1.16 bits per heavy atom. The zero-order valence-electron chi connectivity index (χ0n) is 10.8. The van der Waals surface area contributed by atoms with Gasteiger partial charge in [0.25, 0.3) is 0 Å². The third kappa shape index (κ3) is 2.24.